The van der Waals surface area contributed by atoms with Gasteiger partial charge in [0.15, 0.2) is 10.1 Å². The topological polar surface area (TPSA) is 98.7 Å². The number of carboxylic acids is 2. The Bertz CT molecular complexity index is 572. The van der Waals surface area contributed by atoms with Crippen LogP contribution < -0.4 is 113 Å². The molecule has 0 aliphatic heterocycles. The van der Waals surface area contributed by atoms with E-state index in [9.17, 15) is 19.8 Å². The van der Waals surface area contributed by atoms with E-state index in [0.717, 1.165) is 25.7 Å². The number of carboxylic acid groups (broad SMARTS) is 2. The van der Waals surface area contributed by atoms with Crippen molar-refractivity contribution in [1.29, 1.82) is 0 Å². The predicted molar refractivity (Wildman–Crippen MR) is 169 cm³/mol. The number of hydrogen-bond donors (Lipinski definition) is 0. The number of carbonyl (C=O) groups is 2. The first kappa shape index (κ1) is 50.8. The van der Waals surface area contributed by atoms with Gasteiger partial charge in [-0.2, -0.15) is 0 Å². The molecule has 0 aliphatic carbocycles. The fraction of sp³-hybridized carbons (Fsp3) is 0.875. The minimum Gasteiger partial charge on any atom is -0.550 e. The number of aliphatic carboxylic acids is 2. The first-order valence-electron chi connectivity index (χ1n) is 16.0. The maximum absolute atomic E-state index is 10.2. The third-order valence-electron chi connectivity index (χ3n) is 6.59. The average Bonchev–Trinajstić information content (AvgIpc) is 2.92. The minimum atomic E-state index is -1.07. The van der Waals surface area contributed by atoms with Gasteiger partial charge in [0.1, 0.15) is 0 Å². The molecule has 0 aliphatic rings. The van der Waals surface area contributed by atoms with E-state index >= 15 is 0 Å². The average molecular weight is 681 g/mol. The fourth-order valence-corrected chi connectivity index (χ4v) is 4.47. The molecule has 0 atom stereocenters. The number of hydrogen-bond acceptors (Lipinski definition) is 8. The van der Waals surface area contributed by atoms with E-state index in [4.69, 9.17) is 33.9 Å². The summed E-state index contributed by atoms with van der Waals surface area (Å²) in [6.45, 7) is 5.71. The molecule has 0 spiro atoms. The summed E-state index contributed by atoms with van der Waals surface area (Å²) in [4.78, 5) is 20.5. The van der Waals surface area contributed by atoms with Gasteiger partial charge in [0.25, 0.3) is 0 Å². The smallest absolute Gasteiger partial charge is 0.550 e. The maximum atomic E-state index is 10.2. The molecule has 0 heterocycles. The van der Waals surface area contributed by atoms with Crippen LogP contribution in [0.5, 0.6) is 0 Å². The summed E-state index contributed by atoms with van der Waals surface area (Å²) in [6, 6.07) is 0. The van der Waals surface area contributed by atoms with Crippen LogP contribution in [0.3, 0.4) is 0 Å². The van der Waals surface area contributed by atoms with E-state index in [0.29, 0.717) is 23.3 Å². The molecule has 0 fully saturated rings. The molecule has 0 unspecified atom stereocenters. The zero-order valence-electron chi connectivity index (χ0n) is 27.7. The second-order valence-corrected chi connectivity index (χ2v) is 11.5. The van der Waals surface area contributed by atoms with Crippen molar-refractivity contribution in [1.82, 2.24) is 0 Å². The zero-order valence-corrected chi connectivity index (χ0v) is 35.5. The molecule has 0 saturated heterocycles. The third kappa shape index (κ3) is 48.9. The van der Waals surface area contributed by atoms with Crippen LogP contribution in [0, 0.1) is 0 Å². The van der Waals surface area contributed by atoms with Crippen molar-refractivity contribution in [2.75, 3.05) is 13.2 Å². The van der Waals surface area contributed by atoms with Gasteiger partial charge in [-0.05, 0) is 50.1 Å². The van der Waals surface area contributed by atoms with E-state index in [1.54, 1.807) is 0 Å². The summed E-state index contributed by atoms with van der Waals surface area (Å²) < 4.78 is 10.6. The van der Waals surface area contributed by atoms with Gasteiger partial charge >= 0.3 is 103 Å². The van der Waals surface area contributed by atoms with Gasteiger partial charge in [-0.25, -0.2) is 0 Å². The first-order valence-corrected chi connectivity index (χ1v) is 16.9. The molecule has 0 aromatic rings. The number of carbonyl (C=O) groups excluding carboxylic acids is 2. The zero-order chi connectivity index (χ0) is 30.1. The molecule has 6 nitrogen and oxygen atoms in total. The van der Waals surface area contributed by atoms with E-state index in [2.05, 4.69) is 13.8 Å². The Morgan fingerprint density at radius 3 is 0.929 bits per heavy atom. The number of unbranched alkanes of at least 4 members (excludes halogenated alkanes) is 18. The Kier molecular flexibility index (Phi) is 52.0. The predicted octanol–water partition coefficient (Wildman–Crippen LogP) is 1.57. The van der Waals surface area contributed by atoms with E-state index < -0.39 is 11.9 Å². The molecule has 0 N–H and O–H groups in total. The van der Waals surface area contributed by atoms with Crippen molar-refractivity contribution < 1.29 is 132 Å². The molecule has 10 heteroatoms. The maximum Gasteiger partial charge on any atom is 1.00 e. The Balaban J connectivity index is -0.000000328. The van der Waals surface area contributed by atoms with Crippen LogP contribution in [0.4, 0.5) is 0 Å². The van der Waals surface area contributed by atoms with Crippen molar-refractivity contribution in [3.63, 3.8) is 0 Å². The Labute approximate surface area is 354 Å². The molecule has 236 valence electrons. The second-order valence-electron chi connectivity index (χ2n) is 10.5. The van der Waals surface area contributed by atoms with Crippen LogP contribution in [0.15, 0.2) is 0 Å². The summed E-state index contributed by atoms with van der Waals surface area (Å²) in [5, 5.41) is 21.3. The summed E-state index contributed by atoms with van der Waals surface area (Å²) in [5.41, 5.74) is 0. The van der Waals surface area contributed by atoms with Crippen molar-refractivity contribution in [2.24, 2.45) is 0 Å². The van der Waals surface area contributed by atoms with Crippen molar-refractivity contribution in [2.45, 2.75) is 168 Å². The molecule has 42 heavy (non-hydrogen) atoms. The Morgan fingerprint density at radius 2 is 0.690 bits per heavy atom. The second kappa shape index (κ2) is 43.0. The molecular weight excluding hydrogens is 623 g/mol. The van der Waals surface area contributed by atoms with Crippen LogP contribution >= 0.6 is 24.4 Å². The quantitative estimate of drug-likeness (QED) is 0.0699. The largest absolute Gasteiger partial charge is 1.00 e. The van der Waals surface area contributed by atoms with Crippen LogP contribution in [0.2, 0.25) is 0 Å². The molecule has 0 radical (unpaired) electrons. The molecule has 0 amide bonds. The SMILES string of the molecule is CCCCCCCCCCCCOC(=S)CCC(=O)[O-].CCCCCCCCCCCCOC(=S)CCC(=O)[O-].[K+].[K+]. The van der Waals surface area contributed by atoms with E-state index in [1.165, 1.54) is 103 Å². The summed E-state index contributed by atoms with van der Waals surface area (Å²) in [5.74, 6) is -2.15. The van der Waals surface area contributed by atoms with Crippen molar-refractivity contribution in [3.05, 3.63) is 0 Å². The van der Waals surface area contributed by atoms with E-state index in [-0.39, 0.29) is 128 Å². The van der Waals surface area contributed by atoms with Gasteiger partial charge in [0, 0.05) is 24.8 Å². The van der Waals surface area contributed by atoms with Crippen molar-refractivity contribution >= 4 is 46.5 Å². The van der Waals surface area contributed by atoms with Gasteiger partial charge in [-0.1, -0.05) is 129 Å². The molecule has 0 saturated carbocycles. The molecule has 0 rings (SSSR count). The van der Waals surface area contributed by atoms with Gasteiger partial charge in [-0.15, -0.1) is 0 Å². The van der Waals surface area contributed by atoms with Gasteiger partial charge < -0.3 is 29.3 Å². The molecule has 0 aromatic heterocycles. The van der Waals surface area contributed by atoms with Crippen LogP contribution in [0.25, 0.3) is 0 Å². The first-order chi connectivity index (χ1) is 19.3. The number of ether oxygens (including phenoxy) is 2. The van der Waals surface area contributed by atoms with E-state index in [1.807, 2.05) is 0 Å². The Hall–Kier alpha value is 1.99. The normalized spacial score (nSPS) is 9.95. The van der Waals surface area contributed by atoms with Gasteiger partial charge in [0.05, 0.1) is 13.2 Å². The van der Waals surface area contributed by atoms with Crippen molar-refractivity contribution in [3.8, 4) is 0 Å². The standard InChI is InChI=1S/2C16H30O3S.2K/c2*1-2-3-4-5-6-7-8-9-10-11-14-19-16(20)13-12-15(17)18;;/h2*2-14H2,1H3,(H,17,18);;/q;;2*+1/p-2. The fourth-order valence-electron chi connectivity index (χ4n) is 4.10. The van der Waals surface area contributed by atoms with Crippen LogP contribution in [-0.4, -0.2) is 35.3 Å². The Morgan fingerprint density at radius 1 is 0.452 bits per heavy atom. The van der Waals surface area contributed by atoms with Crippen LogP contribution in [0.1, 0.15) is 168 Å². The molecule has 0 bridgehead atoms. The molecular formula is C32H58K2O6S2. The minimum absolute atomic E-state index is 0. The molecule has 0 aromatic carbocycles. The van der Waals surface area contributed by atoms with Gasteiger partial charge in [0.2, 0.25) is 0 Å². The number of thiocarbonyl (C=S) groups is 2. The van der Waals surface area contributed by atoms with Crippen LogP contribution in [-0.2, 0) is 19.1 Å². The third-order valence-corrected chi connectivity index (χ3v) is 7.23. The summed E-state index contributed by atoms with van der Waals surface area (Å²) in [7, 11) is 0. The summed E-state index contributed by atoms with van der Waals surface area (Å²) in [6.07, 6.45) is 26.2. The number of rotatable bonds is 28. The van der Waals surface area contributed by atoms with Gasteiger partial charge in [-0.3, -0.25) is 0 Å². The summed E-state index contributed by atoms with van der Waals surface area (Å²) >= 11 is 9.86. The monoisotopic (exact) mass is 680 g/mol.